The first kappa shape index (κ1) is 13.4. The molecule has 0 saturated carbocycles. The minimum absolute atomic E-state index is 0.0884. The van der Waals surface area contributed by atoms with E-state index in [1.165, 1.54) is 6.07 Å². The number of aromatic carboxylic acids is 1. The Labute approximate surface area is 111 Å². The largest absolute Gasteiger partial charge is 0.478 e. The summed E-state index contributed by atoms with van der Waals surface area (Å²) in [5.41, 5.74) is 5.98. The summed E-state index contributed by atoms with van der Waals surface area (Å²) in [7, 11) is 0. The molecular weight excluding hydrogens is 246 g/mol. The molecular formula is C13H17N3O3. The number of rotatable bonds is 3. The van der Waals surface area contributed by atoms with E-state index in [4.69, 9.17) is 10.8 Å². The molecule has 1 aromatic rings. The van der Waals surface area contributed by atoms with Crippen molar-refractivity contribution < 1.29 is 14.7 Å². The van der Waals surface area contributed by atoms with Crippen molar-refractivity contribution in [2.75, 3.05) is 25.0 Å². The molecule has 1 unspecified atom stereocenters. The number of para-hydroxylation sites is 1. The highest BCUT2D eigenvalue weighted by molar-refractivity contribution is 6.00. The Balaban J connectivity index is 2.05. The normalized spacial score (nSPS) is 18.4. The van der Waals surface area contributed by atoms with Gasteiger partial charge in [0.05, 0.1) is 11.3 Å². The van der Waals surface area contributed by atoms with Crippen LogP contribution in [-0.2, 0) is 0 Å². The lowest BCUT2D eigenvalue weighted by Gasteiger charge is -2.18. The predicted octanol–water partition coefficient (Wildman–Crippen LogP) is 1.20. The van der Waals surface area contributed by atoms with Crippen molar-refractivity contribution in [1.29, 1.82) is 0 Å². The molecule has 102 valence electrons. The van der Waals surface area contributed by atoms with Gasteiger partial charge in [0.2, 0.25) is 0 Å². The van der Waals surface area contributed by atoms with Crippen LogP contribution < -0.4 is 11.1 Å². The summed E-state index contributed by atoms with van der Waals surface area (Å²) in [4.78, 5) is 24.7. The zero-order valence-corrected chi connectivity index (χ0v) is 10.5. The van der Waals surface area contributed by atoms with E-state index in [0.717, 1.165) is 6.42 Å². The first-order valence-electron chi connectivity index (χ1n) is 6.20. The number of nitrogens with two attached hydrogens (primary N) is 1. The lowest BCUT2D eigenvalue weighted by molar-refractivity contribution is 0.0698. The van der Waals surface area contributed by atoms with Crippen LogP contribution in [0.25, 0.3) is 0 Å². The van der Waals surface area contributed by atoms with Gasteiger partial charge in [0, 0.05) is 13.1 Å². The van der Waals surface area contributed by atoms with Crippen LogP contribution in [0.5, 0.6) is 0 Å². The van der Waals surface area contributed by atoms with Crippen LogP contribution in [0.1, 0.15) is 16.8 Å². The van der Waals surface area contributed by atoms with E-state index in [0.29, 0.717) is 31.2 Å². The number of carboxylic acid groups (broad SMARTS) is 1. The topological polar surface area (TPSA) is 95.7 Å². The highest BCUT2D eigenvalue weighted by atomic mass is 16.4. The van der Waals surface area contributed by atoms with Gasteiger partial charge in [0.15, 0.2) is 0 Å². The smallest absolute Gasteiger partial charge is 0.337 e. The van der Waals surface area contributed by atoms with Gasteiger partial charge in [-0.15, -0.1) is 0 Å². The SMILES string of the molecule is NCC1CCN(C(=O)Nc2ccccc2C(=O)O)C1. The molecule has 0 aromatic heterocycles. The van der Waals surface area contributed by atoms with Crippen LogP contribution in [0, 0.1) is 5.92 Å². The van der Waals surface area contributed by atoms with Crippen molar-refractivity contribution in [3.8, 4) is 0 Å². The molecule has 0 spiro atoms. The number of carbonyl (C=O) groups excluding carboxylic acids is 1. The first-order chi connectivity index (χ1) is 9.11. The monoisotopic (exact) mass is 263 g/mol. The number of carboxylic acids is 1. The fourth-order valence-corrected chi connectivity index (χ4v) is 2.18. The number of hydrogen-bond acceptors (Lipinski definition) is 3. The van der Waals surface area contributed by atoms with Crippen LogP contribution >= 0.6 is 0 Å². The molecule has 0 aliphatic carbocycles. The van der Waals surface area contributed by atoms with Gasteiger partial charge >= 0.3 is 12.0 Å². The molecule has 4 N–H and O–H groups in total. The summed E-state index contributed by atoms with van der Waals surface area (Å²) in [5.74, 6) is -0.724. The molecule has 1 aliphatic heterocycles. The van der Waals surface area contributed by atoms with Crippen LogP contribution in [0.2, 0.25) is 0 Å². The maximum Gasteiger partial charge on any atom is 0.337 e. The van der Waals surface area contributed by atoms with Crippen LogP contribution in [0.4, 0.5) is 10.5 Å². The Kier molecular flexibility index (Phi) is 4.01. The Morgan fingerprint density at radius 2 is 2.16 bits per heavy atom. The molecule has 1 aromatic carbocycles. The number of urea groups is 1. The van der Waals surface area contributed by atoms with Crippen LogP contribution in [-0.4, -0.2) is 41.6 Å². The number of carbonyl (C=O) groups is 2. The molecule has 1 atom stereocenters. The highest BCUT2D eigenvalue weighted by Crippen LogP contribution is 2.19. The standard InChI is InChI=1S/C13H17N3O3/c14-7-9-5-6-16(8-9)13(19)15-11-4-2-1-3-10(11)12(17)18/h1-4,9H,5-8,14H2,(H,15,19)(H,17,18). The molecule has 1 heterocycles. The van der Waals surface area contributed by atoms with E-state index in [2.05, 4.69) is 5.32 Å². The van der Waals surface area contributed by atoms with E-state index in [1.54, 1.807) is 23.1 Å². The van der Waals surface area contributed by atoms with Gasteiger partial charge in [-0.2, -0.15) is 0 Å². The van der Waals surface area contributed by atoms with E-state index in [1.807, 2.05) is 0 Å². The molecule has 1 aliphatic rings. The van der Waals surface area contributed by atoms with Crippen molar-refractivity contribution in [1.82, 2.24) is 4.90 Å². The fraction of sp³-hybridized carbons (Fsp3) is 0.385. The lowest BCUT2D eigenvalue weighted by atomic mass is 10.1. The van der Waals surface area contributed by atoms with Crippen LogP contribution in [0.3, 0.4) is 0 Å². The predicted molar refractivity (Wildman–Crippen MR) is 71.2 cm³/mol. The second kappa shape index (κ2) is 5.71. The maximum atomic E-state index is 12.0. The van der Waals surface area contributed by atoms with Crippen molar-refractivity contribution in [2.24, 2.45) is 11.7 Å². The number of nitrogens with zero attached hydrogens (tertiary/aromatic N) is 1. The lowest BCUT2D eigenvalue weighted by Crippen LogP contribution is -2.34. The minimum Gasteiger partial charge on any atom is -0.478 e. The molecule has 2 rings (SSSR count). The quantitative estimate of drug-likeness (QED) is 0.763. The molecule has 0 radical (unpaired) electrons. The molecule has 1 saturated heterocycles. The van der Waals surface area contributed by atoms with E-state index < -0.39 is 5.97 Å². The Morgan fingerprint density at radius 1 is 1.42 bits per heavy atom. The van der Waals surface area contributed by atoms with Gasteiger partial charge in [-0.25, -0.2) is 9.59 Å². The van der Waals surface area contributed by atoms with Crippen molar-refractivity contribution >= 4 is 17.7 Å². The Morgan fingerprint density at radius 3 is 2.79 bits per heavy atom. The number of anilines is 1. The summed E-state index contributed by atoms with van der Waals surface area (Å²) >= 11 is 0. The average Bonchev–Trinajstić information content (AvgIpc) is 2.88. The molecule has 6 nitrogen and oxygen atoms in total. The number of nitrogens with one attached hydrogen (secondary N) is 1. The number of benzene rings is 1. The second-order valence-electron chi connectivity index (χ2n) is 4.62. The van der Waals surface area contributed by atoms with Gasteiger partial charge in [-0.1, -0.05) is 12.1 Å². The molecule has 6 heteroatoms. The summed E-state index contributed by atoms with van der Waals surface area (Å²) in [6, 6.07) is 6.08. The Hall–Kier alpha value is -2.08. The zero-order chi connectivity index (χ0) is 13.8. The third-order valence-electron chi connectivity index (χ3n) is 3.31. The molecule has 19 heavy (non-hydrogen) atoms. The van der Waals surface area contributed by atoms with Crippen molar-refractivity contribution in [2.45, 2.75) is 6.42 Å². The van der Waals surface area contributed by atoms with Gasteiger partial charge in [0.1, 0.15) is 0 Å². The maximum absolute atomic E-state index is 12.0. The zero-order valence-electron chi connectivity index (χ0n) is 10.5. The summed E-state index contributed by atoms with van der Waals surface area (Å²) < 4.78 is 0. The third-order valence-corrected chi connectivity index (χ3v) is 3.31. The molecule has 2 amide bonds. The minimum atomic E-state index is -1.06. The summed E-state index contributed by atoms with van der Waals surface area (Å²) in [6.45, 7) is 1.84. The third kappa shape index (κ3) is 3.03. The van der Waals surface area contributed by atoms with Gasteiger partial charge in [0.25, 0.3) is 0 Å². The van der Waals surface area contributed by atoms with E-state index >= 15 is 0 Å². The van der Waals surface area contributed by atoms with Crippen LogP contribution in [0.15, 0.2) is 24.3 Å². The van der Waals surface area contributed by atoms with E-state index in [9.17, 15) is 9.59 Å². The molecule has 1 fully saturated rings. The van der Waals surface area contributed by atoms with Gasteiger partial charge in [-0.3, -0.25) is 0 Å². The second-order valence-corrected chi connectivity index (χ2v) is 4.62. The summed E-state index contributed by atoms with van der Waals surface area (Å²) in [6.07, 6.45) is 0.893. The highest BCUT2D eigenvalue weighted by Gasteiger charge is 2.25. The van der Waals surface area contributed by atoms with E-state index in [-0.39, 0.29) is 11.6 Å². The molecule has 0 bridgehead atoms. The van der Waals surface area contributed by atoms with Crippen molar-refractivity contribution in [3.05, 3.63) is 29.8 Å². The fourth-order valence-electron chi connectivity index (χ4n) is 2.18. The number of likely N-dealkylation sites (tertiary alicyclic amines) is 1. The average molecular weight is 263 g/mol. The van der Waals surface area contributed by atoms with Crippen molar-refractivity contribution in [3.63, 3.8) is 0 Å². The first-order valence-corrected chi connectivity index (χ1v) is 6.20. The van der Waals surface area contributed by atoms with Gasteiger partial charge < -0.3 is 21.1 Å². The Bertz CT molecular complexity index is 490. The number of amides is 2. The summed E-state index contributed by atoms with van der Waals surface area (Å²) in [5, 5.41) is 11.7. The van der Waals surface area contributed by atoms with Gasteiger partial charge in [-0.05, 0) is 31.0 Å². The number of hydrogen-bond donors (Lipinski definition) is 3.